The van der Waals surface area contributed by atoms with Crippen molar-refractivity contribution >= 4 is 37.1 Å². The summed E-state index contributed by atoms with van der Waals surface area (Å²) in [6, 6.07) is 6.04. The standard InChI is InChI=1S/C8H4BrFO3S/c9-6-1-2-7-5(3-6)4-8(13-7)14(10,11)12/h1-4H. The van der Waals surface area contributed by atoms with Crippen molar-refractivity contribution in [3.8, 4) is 0 Å². The zero-order valence-electron chi connectivity index (χ0n) is 6.70. The zero-order valence-corrected chi connectivity index (χ0v) is 9.10. The van der Waals surface area contributed by atoms with Crippen molar-refractivity contribution in [1.29, 1.82) is 0 Å². The molecule has 1 aromatic carbocycles. The highest BCUT2D eigenvalue weighted by molar-refractivity contribution is 9.10. The molecule has 74 valence electrons. The Labute approximate surface area is 87.9 Å². The summed E-state index contributed by atoms with van der Waals surface area (Å²) in [5.41, 5.74) is 0.337. The van der Waals surface area contributed by atoms with Crippen LogP contribution in [-0.4, -0.2) is 8.42 Å². The molecule has 1 heterocycles. The Kier molecular flexibility index (Phi) is 2.11. The molecule has 0 bridgehead atoms. The molecule has 0 spiro atoms. The van der Waals surface area contributed by atoms with Crippen LogP contribution >= 0.6 is 15.9 Å². The first-order chi connectivity index (χ1) is 6.47. The van der Waals surface area contributed by atoms with Gasteiger partial charge in [-0.2, -0.15) is 8.42 Å². The number of benzene rings is 1. The molecule has 0 N–H and O–H groups in total. The number of hydrogen-bond acceptors (Lipinski definition) is 3. The normalized spacial score (nSPS) is 12.1. The molecular weight excluding hydrogens is 275 g/mol. The molecule has 0 unspecified atom stereocenters. The maximum absolute atomic E-state index is 12.5. The number of halogens is 2. The van der Waals surface area contributed by atoms with E-state index in [1.807, 2.05) is 0 Å². The minimum Gasteiger partial charge on any atom is -0.442 e. The average Bonchev–Trinajstić information content (AvgIpc) is 2.45. The van der Waals surface area contributed by atoms with E-state index in [0.29, 0.717) is 11.0 Å². The van der Waals surface area contributed by atoms with E-state index in [0.717, 1.165) is 10.5 Å². The van der Waals surface area contributed by atoms with Gasteiger partial charge in [-0.15, -0.1) is 0 Å². The van der Waals surface area contributed by atoms with Crippen LogP contribution in [-0.2, 0) is 10.2 Å². The predicted octanol–water partition coefficient (Wildman–Crippen LogP) is 2.85. The second kappa shape index (κ2) is 3.06. The van der Waals surface area contributed by atoms with Gasteiger partial charge in [0.15, 0.2) is 0 Å². The van der Waals surface area contributed by atoms with Crippen molar-refractivity contribution < 1.29 is 16.7 Å². The van der Waals surface area contributed by atoms with Gasteiger partial charge in [0.1, 0.15) is 5.58 Å². The van der Waals surface area contributed by atoms with Gasteiger partial charge in [0, 0.05) is 15.9 Å². The lowest BCUT2D eigenvalue weighted by atomic mass is 10.3. The van der Waals surface area contributed by atoms with Crippen molar-refractivity contribution in [3.05, 3.63) is 28.7 Å². The Hall–Kier alpha value is -0.880. The fourth-order valence-electron chi connectivity index (χ4n) is 1.11. The quantitative estimate of drug-likeness (QED) is 0.754. The Morgan fingerprint density at radius 3 is 2.64 bits per heavy atom. The van der Waals surface area contributed by atoms with Gasteiger partial charge in [0.05, 0.1) is 0 Å². The fourth-order valence-corrected chi connectivity index (χ4v) is 1.95. The minimum absolute atomic E-state index is 0.337. The fraction of sp³-hybridized carbons (Fsp3) is 0. The lowest BCUT2D eigenvalue weighted by Gasteiger charge is -1.87. The molecule has 0 radical (unpaired) electrons. The molecule has 3 nitrogen and oxygen atoms in total. The van der Waals surface area contributed by atoms with Crippen molar-refractivity contribution in [2.45, 2.75) is 5.09 Å². The molecule has 14 heavy (non-hydrogen) atoms. The Morgan fingerprint density at radius 2 is 2.00 bits per heavy atom. The molecule has 0 saturated carbocycles. The van der Waals surface area contributed by atoms with E-state index in [1.54, 1.807) is 18.2 Å². The van der Waals surface area contributed by atoms with Crippen LogP contribution in [0.2, 0.25) is 0 Å². The molecule has 0 atom stereocenters. The van der Waals surface area contributed by atoms with Crippen LogP contribution < -0.4 is 0 Å². The van der Waals surface area contributed by atoms with Gasteiger partial charge in [-0.25, -0.2) is 0 Å². The molecule has 6 heteroatoms. The first-order valence-corrected chi connectivity index (χ1v) is 5.78. The van der Waals surface area contributed by atoms with E-state index >= 15 is 0 Å². The minimum atomic E-state index is -4.76. The third-order valence-corrected chi connectivity index (χ3v) is 2.87. The SMILES string of the molecule is O=S(=O)(F)c1cc2cc(Br)ccc2o1. The molecule has 0 amide bonds. The summed E-state index contributed by atoms with van der Waals surface area (Å²) in [5, 5.41) is -0.124. The van der Waals surface area contributed by atoms with E-state index < -0.39 is 15.3 Å². The van der Waals surface area contributed by atoms with E-state index in [2.05, 4.69) is 15.9 Å². The largest absolute Gasteiger partial charge is 0.442 e. The lowest BCUT2D eigenvalue weighted by molar-refractivity contribution is 0.460. The van der Waals surface area contributed by atoms with Gasteiger partial charge in [0.2, 0.25) is 0 Å². The maximum atomic E-state index is 12.5. The predicted molar refractivity (Wildman–Crippen MR) is 52.2 cm³/mol. The van der Waals surface area contributed by atoms with E-state index in [1.165, 1.54) is 0 Å². The molecule has 0 fully saturated rings. The smallest absolute Gasteiger partial charge is 0.365 e. The molecular formula is C8H4BrFO3S. The second-order valence-electron chi connectivity index (χ2n) is 2.69. The third kappa shape index (κ3) is 1.67. The molecule has 2 aromatic rings. The second-order valence-corrected chi connectivity index (χ2v) is 4.88. The molecule has 0 aliphatic heterocycles. The Bertz CT molecular complexity index is 588. The first-order valence-electron chi connectivity index (χ1n) is 3.60. The lowest BCUT2D eigenvalue weighted by Crippen LogP contribution is -1.86. The first kappa shape index (κ1) is 9.67. The van der Waals surface area contributed by atoms with E-state index in [4.69, 9.17) is 4.42 Å². The average molecular weight is 279 g/mol. The topological polar surface area (TPSA) is 47.3 Å². The van der Waals surface area contributed by atoms with Crippen LogP contribution in [0.1, 0.15) is 0 Å². The van der Waals surface area contributed by atoms with Crippen LogP contribution in [0.4, 0.5) is 3.89 Å². The monoisotopic (exact) mass is 278 g/mol. The van der Waals surface area contributed by atoms with E-state index in [9.17, 15) is 12.3 Å². The van der Waals surface area contributed by atoms with Crippen LogP contribution in [0.5, 0.6) is 0 Å². The zero-order chi connectivity index (χ0) is 10.3. The van der Waals surface area contributed by atoms with Gasteiger partial charge in [-0.3, -0.25) is 0 Å². The number of rotatable bonds is 1. The Morgan fingerprint density at radius 1 is 1.29 bits per heavy atom. The van der Waals surface area contributed by atoms with Crippen LogP contribution in [0.15, 0.2) is 38.2 Å². The summed E-state index contributed by atoms with van der Waals surface area (Å²) in [6.07, 6.45) is 0. The molecule has 0 aliphatic rings. The summed E-state index contributed by atoms with van der Waals surface area (Å²) < 4.78 is 39.1. The number of furan rings is 1. The van der Waals surface area contributed by atoms with Gasteiger partial charge in [-0.05, 0) is 18.2 Å². The van der Waals surface area contributed by atoms with Gasteiger partial charge in [-0.1, -0.05) is 19.8 Å². The van der Waals surface area contributed by atoms with Crippen LogP contribution in [0, 0.1) is 0 Å². The summed E-state index contributed by atoms with van der Waals surface area (Å²) >= 11 is 3.21. The van der Waals surface area contributed by atoms with Gasteiger partial charge in [0.25, 0.3) is 5.09 Å². The summed E-state index contributed by atoms with van der Waals surface area (Å²) in [4.78, 5) is 0. The van der Waals surface area contributed by atoms with Gasteiger partial charge >= 0.3 is 10.2 Å². The highest BCUT2D eigenvalue weighted by Gasteiger charge is 2.17. The summed E-state index contributed by atoms with van der Waals surface area (Å²) in [5.74, 6) is 0. The van der Waals surface area contributed by atoms with Crippen molar-refractivity contribution in [1.82, 2.24) is 0 Å². The van der Waals surface area contributed by atoms with Crippen molar-refractivity contribution in [2.24, 2.45) is 0 Å². The Balaban J connectivity index is 2.75. The summed E-state index contributed by atoms with van der Waals surface area (Å²) in [7, 11) is -4.76. The number of hydrogen-bond donors (Lipinski definition) is 0. The number of fused-ring (bicyclic) bond motifs is 1. The van der Waals surface area contributed by atoms with Crippen molar-refractivity contribution in [3.63, 3.8) is 0 Å². The van der Waals surface area contributed by atoms with Crippen molar-refractivity contribution in [2.75, 3.05) is 0 Å². The molecule has 0 aliphatic carbocycles. The molecule has 0 saturated heterocycles. The highest BCUT2D eigenvalue weighted by atomic mass is 79.9. The third-order valence-electron chi connectivity index (χ3n) is 1.70. The highest BCUT2D eigenvalue weighted by Crippen LogP contribution is 2.26. The van der Waals surface area contributed by atoms with Gasteiger partial charge < -0.3 is 4.42 Å². The molecule has 1 aromatic heterocycles. The van der Waals surface area contributed by atoms with Crippen LogP contribution in [0.3, 0.4) is 0 Å². The molecule has 2 rings (SSSR count). The summed E-state index contributed by atoms with van der Waals surface area (Å²) in [6.45, 7) is 0. The van der Waals surface area contributed by atoms with Crippen LogP contribution in [0.25, 0.3) is 11.0 Å². The maximum Gasteiger partial charge on any atom is 0.365 e. The van der Waals surface area contributed by atoms with E-state index in [-0.39, 0.29) is 0 Å².